The van der Waals surface area contributed by atoms with Crippen molar-refractivity contribution in [1.29, 1.82) is 0 Å². The lowest BCUT2D eigenvalue weighted by atomic mass is 10.0. The molecule has 1 rings (SSSR count). The number of methoxy groups -OCH3 is 2. The summed E-state index contributed by atoms with van der Waals surface area (Å²) in [5.41, 5.74) is 6.34. The molecule has 0 spiro atoms. The van der Waals surface area contributed by atoms with Crippen molar-refractivity contribution < 1.29 is 19.4 Å². The highest BCUT2D eigenvalue weighted by Gasteiger charge is 2.20. The topological polar surface area (TPSA) is 81.8 Å². The summed E-state index contributed by atoms with van der Waals surface area (Å²) in [5, 5.41) is 9.10. The molecule has 0 saturated heterocycles. The summed E-state index contributed by atoms with van der Waals surface area (Å²) in [4.78, 5) is 10.6. The smallest absolute Gasteiger partial charge is 0.305 e. The number of hydrogen-bond donors (Lipinski definition) is 2. The van der Waals surface area contributed by atoms with E-state index in [0.717, 1.165) is 0 Å². The molecule has 1 aromatic carbocycles. The fraction of sp³-hybridized carbons (Fsp3) is 0.364. The molecular formula is C11H14ClNO4. The first-order chi connectivity index (χ1) is 8.01. The summed E-state index contributed by atoms with van der Waals surface area (Å²) in [7, 11) is 2.90. The summed E-state index contributed by atoms with van der Waals surface area (Å²) in [6.07, 6.45) is -0.193. The maximum atomic E-state index is 10.6. The fourth-order valence-electron chi connectivity index (χ4n) is 1.54. The molecule has 6 heteroatoms. The number of rotatable bonds is 5. The summed E-state index contributed by atoms with van der Waals surface area (Å²) < 4.78 is 10.3. The van der Waals surface area contributed by atoms with Crippen molar-refractivity contribution >= 4 is 17.6 Å². The quantitative estimate of drug-likeness (QED) is 0.843. The van der Waals surface area contributed by atoms with Crippen LogP contribution in [0.1, 0.15) is 18.0 Å². The molecule has 0 amide bonds. The standard InChI is InChI=1S/C11H14ClNO4/c1-16-10-6(8(13)5-9(14)15)3-4-7(12)11(10)17-2/h3-4,8H,5,13H2,1-2H3,(H,14,15). The molecule has 5 nitrogen and oxygen atoms in total. The highest BCUT2D eigenvalue weighted by molar-refractivity contribution is 6.32. The van der Waals surface area contributed by atoms with Gasteiger partial charge in [-0.2, -0.15) is 0 Å². The number of carboxylic acids is 1. The van der Waals surface area contributed by atoms with E-state index in [0.29, 0.717) is 22.1 Å². The molecular weight excluding hydrogens is 246 g/mol. The molecule has 0 fully saturated rings. The second kappa shape index (κ2) is 5.75. The number of benzene rings is 1. The van der Waals surface area contributed by atoms with Gasteiger partial charge in [0, 0.05) is 11.6 Å². The van der Waals surface area contributed by atoms with Crippen LogP contribution in [0, 0.1) is 0 Å². The highest BCUT2D eigenvalue weighted by atomic mass is 35.5. The van der Waals surface area contributed by atoms with Crippen LogP contribution in [0.4, 0.5) is 0 Å². The zero-order valence-corrected chi connectivity index (χ0v) is 10.3. The van der Waals surface area contributed by atoms with Crippen molar-refractivity contribution in [3.05, 3.63) is 22.7 Å². The van der Waals surface area contributed by atoms with E-state index < -0.39 is 12.0 Å². The van der Waals surface area contributed by atoms with Crippen LogP contribution in [0.15, 0.2) is 12.1 Å². The summed E-state index contributed by atoms with van der Waals surface area (Å²) >= 11 is 5.93. The zero-order chi connectivity index (χ0) is 13.0. The van der Waals surface area contributed by atoms with E-state index in [1.165, 1.54) is 14.2 Å². The number of hydrogen-bond acceptors (Lipinski definition) is 4. The Balaban J connectivity index is 3.19. The van der Waals surface area contributed by atoms with E-state index in [9.17, 15) is 4.79 Å². The lowest BCUT2D eigenvalue weighted by Crippen LogP contribution is -2.16. The summed E-state index contributed by atoms with van der Waals surface area (Å²) in [6.45, 7) is 0. The third-order valence-electron chi connectivity index (χ3n) is 2.30. The van der Waals surface area contributed by atoms with Crippen LogP contribution in [-0.2, 0) is 4.79 Å². The Morgan fingerprint density at radius 1 is 1.41 bits per heavy atom. The Morgan fingerprint density at radius 3 is 2.47 bits per heavy atom. The van der Waals surface area contributed by atoms with E-state index in [1.807, 2.05) is 0 Å². The molecule has 0 heterocycles. The van der Waals surface area contributed by atoms with Gasteiger partial charge >= 0.3 is 5.97 Å². The fourth-order valence-corrected chi connectivity index (χ4v) is 1.77. The molecule has 0 aliphatic heterocycles. The number of carbonyl (C=O) groups is 1. The van der Waals surface area contributed by atoms with Crippen LogP contribution in [-0.4, -0.2) is 25.3 Å². The second-order valence-electron chi connectivity index (χ2n) is 3.41. The maximum absolute atomic E-state index is 10.6. The van der Waals surface area contributed by atoms with Crippen LogP contribution in [0.3, 0.4) is 0 Å². The Hall–Kier alpha value is -1.46. The van der Waals surface area contributed by atoms with E-state index in [2.05, 4.69) is 0 Å². The molecule has 0 aliphatic carbocycles. The van der Waals surface area contributed by atoms with E-state index in [4.69, 9.17) is 31.9 Å². The van der Waals surface area contributed by atoms with Gasteiger partial charge in [0.15, 0.2) is 11.5 Å². The monoisotopic (exact) mass is 259 g/mol. The van der Waals surface area contributed by atoms with E-state index >= 15 is 0 Å². The Kier molecular flexibility index (Phi) is 4.60. The predicted molar refractivity (Wildman–Crippen MR) is 63.7 cm³/mol. The molecule has 0 saturated carbocycles. The maximum Gasteiger partial charge on any atom is 0.305 e. The Morgan fingerprint density at radius 2 is 2.00 bits per heavy atom. The predicted octanol–water partition coefficient (Wildman–Crippen LogP) is 1.83. The molecule has 1 atom stereocenters. The first-order valence-electron chi connectivity index (χ1n) is 4.89. The average Bonchev–Trinajstić information content (AvgIpc) is 2.27. The largest absolute Gasteiger partial charge is 0.492 e. The first-order valence-corrected chi connectivity index (χ1v) is 5.26. The van der Waals surface area contributed by atoms with Gasteiger partial charge in [-0.25, -0.2) is 0 Å². The van der Waals surface area contributed by atoms with Gasteiger partial charge < -0.3 is 20.3 Å². The molecule has 0 bridgehead atoms. The molecule has 0 radical (unpaired) electrons. The van der Waals surface area contributed by atoms with Crippen molar-refractivity contribution in [2.75, 3.05) is 14.2 Å². The van der Waals surface area contributed by atoms with Crippen LogP contribution in [0.25, 0.3) is 0 Å². The molecule has 0 aromatic heterocycles. The Bertz CT molecular complexity index is 422. The van der Waals surface area contributed by atoms with Gasteiger partial charge in [0.1, 0.15) is 0 Å². The SMILES string of the molecule is COc1c(Cl)ccc(C(N)CC(=O)O)c1OC. The highest BCUT2D eigenvalue weighted by Crippen LogP contribution is 2.40. The minimum atomic E-state index is -0.978. The second-order valence-corrected chi connectivity index (χ2v) is 3.81. The van der Waals surface area contributed by atoms with Crippen LogP contribution < -0.4 is 15.2 Å². The molecule has 1 unspecified atom stereocenters. The van der Waals surface area contributed by atoms with Gasteiger partial charge in [0.05, 0.1) is 25.7 Å². The first kappa shape index (κ1) is 13.6. The third kappa shape index (κ3) is 3.01. The zero-order valence-electron chi connectivity index (χ0n) is 9.57. The lowest BCUT2D eigenvalue weighted by molar-refractivity contribution is -0.137. The average molecular weight is 260 g/mol. The van der Waals surface area contributed by atoms with E-state index in [1.54, 1.807) is 12.1 Å². The number of ether oxygens (including phenoxy) is 2. The summed E-state index contributed by atoms with van der Waals surface area (Å²) in [5.74, 6) is -0.255. The lowest BCUT2D eigenvalue weighted by Gasteiger charge is -2.17. The number of halogens is 1. The van der Waals surface area contributed by atoms with Gasteiger partial charge in [-0.3, -0.25) is 4.79 Å². The van der Waals surface area contributed by atoms with Gasteiger partial charge in [0.2, 0.25) is 0 Å². The Labute approximate surface area is 104 Å². The molecule has 0 aliphatic rings. The van der Waals surface area contributed by atoms with Crippen molar-refractivity contribution in [2.24, 2.45) is 5.73 Å². The van der Waals surface area contributed by atoms with Crippen LogP contribution in [0.2, 0.25) is 5.02 Å². The van der Waals surface area contributed by atoms with Crippen molar-refractivity contribution in [3.8, 4) is 11.5 Å². The van der Waals surface area contributed by atoms with Crippen molar-refractivity contribution in [1.82, 2.24) is 0 Å². The van der Waals surface area contributed by atoms with Crippen LogP contribution >= 0.6 is 11.6 Å². The minimum Gasteiger partial charge on any atom is -0.492 e. The van der Waals surface area contributed by atoms with E-state index in [-0.39, 0.29) is 6.42 Å². The van der Waals surface area contributed by atoms with Gasteiger partial charge in [-0.1, -0.05) is 17.7 Å². The van der Waals surface area contributed by atoms with Crippen molar-refractivity contribution in [3.63, 3.8) is 0 Å². The van der Waals surface area contributed by atoms with Gasteiger partial charge in [-0.15, -0.1) is 0 Å². The van der Waals surface area contributed by atoms with Crippen molar-refractivity contribution in [2.45, 2.75) is 12.5 Å². The molecule has 3 N–H and O–H groups in total. The number of carboxylic acid groups (broad SMARTS) is 1. The minimum absolute atomic E-state index is 0.193. The molecule has 17 heavy (non-hydrogen) atoms. The number of nitrogens with two attached hydrogens (primary N) is 1. The normalized spacial score (nSPS) is 12.0. The molecule has 1 aromatic rings. The number of aliphatic carboxylic acids is 1. The summed E-state index contributed by atoms with van der Waals surface area (Å²) in [6, 6.07) is 2.56. The van der Waals surface area contributed by atoms with Gasteiger partial charge in [-0.05, 0) is 6.07 Å². The van der Waals surface area contributed by atoms with Crippen LogP contribution in [0.5, 0.6) is 11.5 Å². The molecule has 94 valence electrons. The third-order valence-corrected chi connectivity index (χ3v) is 2.59. The van der Waals surface area contributed by atoms with Gasteiger partial charge in [0.25, 0.3) is 0 Å².